The van der Waals surface area contributed by atoms with Gasteiger partial charge in [-0.3, -0.25) is 14.2 Å². The van der Waals surface area contributed by atoms with Gasteiger partial charge in [0.2, 0.25) is 15.9 Å². The fourth-order valence-electron chi connectivity index (χ4n) is 3.05. The second-order valence-electron chi connectivity index (χ2n) is 6.38. The van der Waals surface area contributed by atoms with Crippen LogP contribution in [-0.4, -0.2) is 43.5 Å². The number of benzene rings is 1. The van der Waals surface area contributed by atoms with Crippen LogP contribution in [0, 0.1) is 11.7 Å². The van der Waals surface area contributed by atoms with Crippen LogP contribution in [0.3, 0.4) is 0 Å². The van der Waals surface area contributed by atoms with Crippen LogP contribution in [0.2, 0.25) is 0 Å². The van der Waals surface area contributed by atoms with E-state index >= 15 is 0 Å². The summed E-state index contributed by atoms with van der Waals surface area (Å²) >= 11 is 0. The Hall–Kier alpha value is -2.46. The summed E-state index contributed by atoms with van der Waals surface area (Å²) in [6, 6.07) is 3.76. The molecule has 1 aromatic heterocycles. The minimum absolute atomic E-state index is 0.0160. The third kappa shape index (κ3) is 4.20. The Morgan fingerprint density at radius 1 is 1.38 bits per heavy atom. The highest BCUT2D eigenvalue weighted by molar-refractivity contribution is 7.92. The number of hydrogen-bond acceptors (Lipinski definition) is 5. The standard InChI is InChI=1S/C16H20FN5O3S/c1-22-9-10(6-19-22)12-7-18-8-13(12)16(23)20-11-3-4-14(17)15(5-11)21-26(2,24)25/h3-6,9,12-13,18,21H,7-8H2,1-2H3,(H,20,23)/t12-,13+/m1/s1. The third-order valence-corrected chi connectivity index (χ3v) is 4.82. The Labute approximate surface area is 150 Å². The fourth-order valence-corrected chi connectivity index (χ4v) is 3.61. The van der Waals surface area contributed by atoms with Crippen molar-refractivity contribution in [3.8, 4) is 0 Å². The smallest absolute Gasteiger partial charge is 0.229 e. The van der Waals surface area contributed by atoms with Crippen LogP contribution in [0.15, 0.2) is 30.6 Å². The Kier molecular flexibility index (Phi) is 4.97. The molecule has 0 unspecified atom stereocenters. The van der Waals surface area contributed by atoms with Crippen molar-refractivity contribution in [3.63, 3.8) is 0 Å². The quantitative estimate of drug-likeness (QED) is 0.713. The van der Waals surface area contributed by atoms with E-state index in [1.807, 2.05) is 13.2 Å². The van der Waals surface area contributed by atoms with Crippen LogP contribution < -0.4 is 15.4 Å². The summed E-state index contributed by atoms with van der Waals surface area (Å²) in [4.78, 5) is 12.7. The van der Waals surface area contributed by atoms with E-state index in [1.165, 1.54) is 12.1 Å². The molecule has 0 saturated carbocycles. The lowest BCUT2D eigenvalue weighted by Crippen LogP contribution is -2.28. The van der Waals surface area contributed by atoms with Gasteiger partial charge >= 0.3 is 0 Å². The molecule has 1 saturated heterocycles. The number of rotatable bonds is 5. The molecule has 0 spiro atoms. The van der Waals surface area contributed by atoms with E-state index in [1.54, 1.807) is 10.9 Å². The molecular weight excluding hydrogens is 361 g/mol. The van der Waals surface area contributed by atoms with Gasteiger partial charge in [0.05, 0.1) is 24.1 Å². The van der Waals surface area contributed by atoms with Gasteiger partial charge in [0.25, 0.3) is 0 Å². The van der Waals surface area contributed by atoms with Crippen molar-refractivity contribution in [2.45, 2.75) is 5.92 Å². The first kappa shape index (κ1) is 18.3. The largest absolute Gasteiger partial charge is 0.326 e. The highest BCUT2D eigenvalue weighted by Gasteiger charge is 2.34. The van der Waals surface area contributed by atoms with Gasteiger partial charge in [-0.05, 0) is 23.8 Å². The second-order valence-corrected chi connectivity index (χ2v) is 8.13. The van der Waals surface area contributed by atoms with Crippen LogP contribution in [0.25, 0.3) is 0 Å². The Morgan fingerprint density at radius 3 is 2.81 bits per heavy atom. The van der Waals surface area contributed by atoms with Crippen molar-refractivity contribution in [1.29, 1.82) is 0 Å². The average Bonchev–Trinajstić information content (AvgIpc) is 3.17. The molecule has 1 aromatic carbocycles. The summed E-state index contributed by atoms with van der Waals surface area (Å²) in [6.07, 6.45) is 4.55. The normalized spacial score (nSPS) is 20.1. The number of aryl methyl sites for hydroxylation is 1. The Bertz CT molecular complexity index is 928. The molecule has 2 atom stereocenters. The number of sulfonamides is 1. The van der Waals surface area contributed by atoms with Crippen molar-refractivity contribution < 1.29 is 17.6 Å². The van der Waals surface area contributed by atoms with Crippen LogP contribution in [0.5, 0.6) is 0 Å². The maximum Gasteiger partial charge on any atom is 0.229 e. The topological polar surface area (TPSA) is 105 Å². The van der Waals surface area contributed by atoms with Gasteiger partial charge < -0.3 is 10.6 Å². The summed E-state index contributed by atoms with van der Waals surface area (Å²) < 4.78 is 40.2. The lowest BCUT2D eigenvalue weighted by molar-refractivity contribution is -0.119. The molecule has 0 radical (unpaired) electrons. The summed E-state index contributed by atoms with van der Waals surface area (Å²) in [5.41, 5.74) is 1.08. The minimum atomic E-state index is -3.63. The van der Waals surface area contributed by atoms with Crippen molar-refractivity contribution in [1.82, 2.24) is 15.1 Å². The van der Waals surface area contributed by atoms with E-state index in [-0.39, 0.29) is 23.4 Å². The third-order valence-electron chi connectivity index (χ3n) is 4.23. The molecule has 140 valence electrons. The number of aromatic nitrogens is 2. The zero-order chi connectivity index (χ0) is 18.9. The van der Waals surface area contributed by atoms with E-state index in [2.05, 4.69) is 20.5 Å². The number of nitrogens with zero attached hydrogens (tertiary/aromatic N) is 2. The molecule has 3 N–H and O–H groups in total. The van der Waals surface area contributed by atoms with Crippen molar-refractivity contribution in [3.05, 3.63) is 42.0 Å². The second kappa shape index (κ2) is 7.04. The van der Waals surface area contributed by atoms with Gasteiger partial charge in [-0.2, -0.15) is 5.10 Å². The summed E-state index contributed by atoms with van der Waals surface area (Å²) in [5, 5.41) is 10.1. The zero-order valence-electron chi connectivity index (χ0n) is 14.4. The highest BCUT2D eigenvalue weighted by atomic mass is 32.2. The number of carbonyl (C=O) groups excluding carboxylic acids is 1. The van der Waals surface area contributed by atoms with Crippen molar-refractivity contribution in [2.24, 2.45) is 13.0 Å². The van der Waals surface area contributed by atoms with Gasteiger partial charge in [-0.1, -0.05) is 0 Å². The number of anilines is 2. The first-order valence-corrected chi connectivity index (χ1v) is 9.89. The Balaban J connectivity index is 1.76. The molecule has 0 bridgehead atoms. The fraction of sp³-hybridized carbons (Fsp3) is 0.375. The molecule has 1 aliphatic rings. The zero-order valence-corrected chi connectivity index (χ0v) is 15.2. The molecule has 2 aromatic rings. The van der Waals surface area contributed by atoms with Crippen LogP contribution >= 0.6 is 0 Å². The summed E-state index contributed by atoms with van der Waals surface area (Å²) in [5.74, 6) is -1.27. The van der Waals surface area contributed by atoms with Crippen LogP contribution in [0.1, 0.15) is 11.5 Å². The van der Waals surface area contributed by atoms with Gasteiger partial charge in [0.15, 0.2) is 0 Å². The molecule has 0 aliphatic carbocycles. The first-order valence-electron chi connectivity index (χ1n) is 8.00. The number of amides is 1. The van der Waals surface area contributed by atoms with E-state index in [4.69, 9.17) is 0 Å². The van der Waals surface area contributed by atoms with E-state index in [0.717, 1.165) is 17.9 Å². The van der Waals surface area contributed by atoms with Gasteiger partial charge in [0, 0.05) is 37.9 Å². The molecule has 3 rings (SSSR count). The first-order chi connectivity index (χ1) is 12.2. The maximum atomic E-state index is 13.8. The molecule has 26 heavy (non-hydrogen) atoms. The summed E-state index contributed by atoms with van der Waals surface area (Å²) in [6.45, 7) is 1.18. The lowest BCUT2D eigenvalue weighted by Gasteiger charge is -2.17. The van der Waals surface area contributed by atoms with E-state index in [0.29, 0.717) is 18.8 Å². The maximum absolute atomic E-state index is 13.8. The molecule has 1 amide bonds. The lowest BCUT2D eigenvalue weighted by atomic mass is 9.90. The SMILES string of the molecule is Cn1cc([C@H]2CNC[C@@H]2C(=O)Nc2ccc(F)c(NS(C)(=O)=O)c2)cn1. The average molecular weight is 381 g/mol. The highest BCUT2D eigenvalue weighted by Crippen LogP contribution is 2.29. The van der Waals surface area contributed by atoms with Gasteiger partial charge in [0.1, 0.15) is 5.82 Å². The number of nitrogens with one attached hydrogen (secondary N) is 3. The van der Waals surface area contributed by atoms with Gasteiger partial charge in [-0.25, -0.2) is 12.8 Å². The number of hydrogen-bond donors (Lipinski definition) is 3. The number of carbonyl (C=O) groups is 1. The molecule has 1 fully saturated rings. The van der Waals surface area contributed by atoms with E-state index in [9.17, 15) is 17.6 Å². The van der Waals surface area contributed by atoms with Crippen LogP contribution in [-0.2, 0) is 21.9 Å². The molecule has 1 aliphatic heterocycles. The molecule has 10 heteroatoms. The summed E-state index contributed by atoms with van der Waals surface area (Å²) in [7, 11) is -1.81. The molecule has 8 nitrogen and oxygen atoms in total. The predicted octanol–water partition coefficient (Wildman–Crippen LogP) is 0.872. The number of halogens is 1. The van der Waals surface area contributed by atoms with Gasteiger partial charge in [-0.15, -0.1) is 0 Å². The van der Waals surface area contributed by atoms with E-state index < -0.39 is 15.8 Å². The minimum Gasteiger partial charge on any atom is -0.326 e. The molecular formula is C16H20FN5O3S. The van der Waals surface area contributed by atoms with Crippen molar-refractivity contribution in [2.75, 3.05) is 29.4 Å². The van der Waals surface area contributed by atoms with Crippen molar-refractivity contribution >= 4 is 27.3 Å². The Morgan fingerprint density at radius 2 is 2.15 bits per heavy atom. The monoisotopic (exact) mass is 381 g/mol. The van der Waals surface area contributed by atoms with Crippen LogP contribution in [0.4, 0.5) is 15.8 Å². The predicted molar refractivity (Wildman–Crippen MR) is 95.8 cm³/mol. The molecule has 2 heterocycles.